The molecule has 0 aliphatic rings. The van der Waals surface area contributed by atoms with E-state index in [1.54, 1.807) is 0 Å². The average molecular weight is 232 g/mol. The quantitative estimate of drug-likeness (QED) is 0.570. The van der Waals surface area contributed by atoms with E-state index in [2.05, 4.69) is 58.0 Å². The van der Waals surface area contributed by atoms with Gasteiger partial charge in [0.15, 0.2) is 0 Å². The van der Waals surface area contributed by atoms with Crippen LogP contribution in [-0.2, 0) is 0 Å². The van der Waals surface area contributed by atoms with Gasteiger partial charge < -0.3 is 0 Å². The Bertz CT molecular complexity index is 276. The summed E-state index contributed by atoms with van der Waals surface area (Å²) in [7, 11) is 0. The first kappa shape index (κ1) is 14.3. The van der Waals surface area contributed by atoms with E-state index in [-0.39, 0.29) is 0 Å². The van der Waals surface area contributed by atoms with Crippen molar-refractivity contribution in [3.8, 4) is 0 Å². The lowest BCUT2D eigenvalue weighted by atomic mass is 9.82. The van der Waals surface area contributed by atoms with E-state index in [9.17, 15) is 0 Å². The van der Waals surface area contributed by atoms with Crippen molar-refractivity contribution in [2.75, 3.05) is 0 Å². The molecule has 0 aliphatic heterocycles. The van der Waals surface area contributed by atoms with Crippen LogP contribution >= 0.6 is 0 Å². The van der Waals surface area contributed by atoms with Crippen molar-refractivity contribution in [3.63, 3.8) is 0 Å². The fourth-order valence-corrected chi connectivity index (χ4v) is 2.40. The Morgan fingerprint density at radius 2 is 1.29 bits per heavy atom. The van der Waals surface area contributed by atoms with Gasteiger partial charge in [-0.1, -0.05) is 70.9 Å². The Morgan fingerprint density at radius 1 is 0.824 bits per heavy atom. The highest BCUT2D eigenvalue weighted by atomic mass is 14.2. The van der Waals surface area contributed by atoms with Crippen molar-refractivity contribution < 1.29 is 0 Å². The molecule has 1 aromatic rings. The smallest absolute Gasteiger partial charge is 0.0157 e. The van der Waals surface area contributed by atoms with Crippen LogP contribution in [0, 0.1) is 11.8 Å². The van der Waals surface area contributed by atoms with E-state index in [4.69, 9.17) is 0 Å². The zero-order valence-corrected chi connectivity index (χ0v) is 11.9. The zero-order valence-electron chi connectivity index (χ0n) is 11.9. The second kappa shape index (κ2) is 7.53. The van der Waals surface area contributed by atoms with Gasteiger partial charge in [-0.2, -0.15) is 0 Å². The second-order valence-corrected chi connectivity index (χ2v) is 5.61. The molecule has 96 valence electrons. The molecule has 17 heavy (non-hydrogen) atoms. The Balaban J connectivity index is 2.72. The molecule has 0 aromatic heterocycles. The van der Waals surface area contributed by atoms with Crippen LogP contribution in [0.15, 0.2) is 30.3 Å². The van der Waals surface area contributed by atoms with Gasteiger partial charge in [0.25, 0.3) is 0 Å². The number of rotatable bonds is 7. The van der Waals surface area contributed by atoms with Gasteiger partial charge in [-0.3, -0.25) is 0 Å². The van der Waals surface area contributed by atoms with Crippen LogP contribution in [0.1, 0.15) is 64.9 Å². The Morgan fingerprint density at radius 3 is 1.71 bits per heavy atom. The SMILES string of the molecule is CCC(C)CC(CC(C)CC)c1ccccc1. The molecule has 0 saturated heterocycles. The normalized spacial score (nSPS) is 16.5. The highest BCUT2D eigenvalue weighted by molar-refractivity contribution is 5.19. The van der Waals surface area contributed by atoms with Crippen LogP contribution < -0.4 is 0 Å². The summed E-state index contributed by atoms with van der Waals surface area (Å²) in [6, 6.07) is 11.1. The maximum absolute atomic E-state index is 2.38. The Hall–Kier alpha value is -0.780. The zero-order chi connectivity index (χ0) is 12.7. The van der Waals surface area contributed by atoms with Gasteiger partial charge in [-0.05, 0) is 36.2 Å². The van der Waals surface area contributed by atoms with Crippen LogP contribution in [-0.4, -0.2) is 0 Å². The summed E-state index contributed by atoms with van der Waals surface area (Å²) >= 11 is 0. The van der Waals surface area contributed by atoms with E-state index in [1.165, 1.54) is 31.2 Å². The van der Waals surface area contributed by atoms with E-state index < -0.39 is 0 Å². The van der Waals surface area contributed by atoms with Gasteiger partial charge in [0, 0.05) is 0 Å². The molecule has 0 N–H and O–H groups in total. The maximum Gasteiger partial charge on any atom is -0.0157 e. The molecule has 1 aromatic carbocycles. The van der Waals surface area contributed by atoms with Crippen LogP contribution in [0.3, 0.4) is 0 Å². The molecule has 0 nitrogen and oxygen atoms in total. The van der Waals surface area contributed by atoms with Gasteiger partial charge in [0.2, 0.25) is 0 Å². The monoisotopic (exact) mass is 232 g/mol. The molecular formula is C17H28. The molecule has 2 atom stereocenters. The summed E-state index contributed by atoms with van der Waals surface area (Å²) in [4.78, 5) is 0. The highest BCUT2D eigenvalue weighted by Gasteiger charge is 2.16. The third kappa shape index (κ3) is 4.93. The molecule has 0 aliphatic carbocycles. The lowest BCUT2D eigenvalue weighted by Crippen LogP contribution is -2.08. The van der Waals surface area contributed by atoms with E-state index in [0.29, 0.717) is 0 Å². The van der Waals surface area contributed by atoms with Gasteiger partial charge >= 0.3 is 0 Å². The fraction of sp³-hybridized carbons (Fsp3) is 0.647. The third-order valence-electron chi connectivity index (χ3n) is 4.04. The summed E-state index contributed by atoms with van der Waals surface area (Å²) in [6.45, 7) is 9.37. The second-order valence-electron chi connectivity index (χ2n) is 5.61. The first-order chi connectivity index (χ1) is 8.17. The molecule has 0 saturated carbocycles. The molecule has 0 heterocycles. The lowest BCUT2D eigenvalue weighted by molar-refractivity contribution is 0.382. The molecule has 2 unspecified atom stereocenters. The lowest BCUT2D eigenvalue weighted by Gasteiger charge is -2.23. The molecule has 0 amide bonds. The first-order valence-corrected chi connectivity index (χ1v) is 7.22. The van der Waals surface area contributed by atoms with Gasteiger partial charge in [-0.25, -0.2) is 0 Å². The van der Waals surface area contributed by atoms with Crippen LogP contribution in [0.25, 0.3) is 0 Å². The predicted molar refractivity (Wildman–Crippen MR) is 77.3 cm³/mol. The minimum Gasteiger partial charge on any atom is -0.0651 e. The van der Waals surface area contributed by atoms with E-state index in [0.717, 1.165) is 17.8 Å². The molecule has 0 heteroatoms. The van der Waals surface area contributed by atoms with Crippen LogP contribution in [0.2, 0.25) is 0 Å². The minimum atomic E-state index is 0.751. The first-order valence-electron chi connectivity index (χ1n) is 7.22. The molecule has 0 spiro atoms. The van der Waals surface area contributed by atoms with Crippen molar-refractivity contribution in [1.29, 1.82) is 0 Å². The molecule has 1 rings (SSSR count). The van der Waals surface area contributed by atoms with Crippen molar-refractivity contribution in [2.24, 2.45) is 11.8 Å². The summed E-state index contributed by atoms with van der Waals surface area (Å²) < 4.78 is 0. The van der Waals surface area contributed by atoms with Crippen molar-refractivity contribution in [3.05, 3.63) is 35.9 Å². The summed E-state index contributed by atoms with van der Waals surface area (Å²) in [6.07, 6.45) is 5.27. The fourth-order valence-electron chi connectivity index (χ4n) is 2.40. The van der Waals surface area contributed by atoms with E-state index >= 15 is 0 Å². The minimum absolute atomic E-state index is 0.751. The van der Waals surface area contributed by atoms with Gasteiger partial charge in [0.1, 0.15) is 0 Å². The predicted octanol–water partition coefficient (Wildman–Crippen LogP) is 5.64. The summed E-state index contributed by atoms with van der Waals surface area (Å²) in [5.41, 5.74) is 1.54. The molecule has 0 bridgehead atoms. The Labute approximate surface area is 107 Å². The van der Waals surface area contributed by atoms with Gasteiger partial charge in [-0.15, -0.1) is 0 Å². The largest absolute Gasteiger partial charge is 0.0651 e. The Kier molecular flexibility index (Phi) is 6.32. The van der Waals surface area contributed by atoms with Gasteiger partial charge in [0.05, 0.1) is 0 Å². The standard InChI is InChI=1S/C17H28/c1-5-14(3)12-17(13-15(4)6-2)16-10-8-7-9-11-16/h7-11,14-15,17H,5-6,12-13H2,1-4H3. The number of hydrogen-bond donors (Lipinski definition) is 0. The number of hydrogen-bond acceptors (Lipinski definition) is 0. The molecule has 0 radical (unpaired) electrons. The van der Waals surface area contributed by atoms with Crippen LogP contribution in [0.4, 0.5) is 0 Å². The maximum atomic E-state index is 2.38. The van der Waals surface area contributed by atoms with Crippen LogP contribution in [0.5, 0.6) is 0 Å². The third-order valence-corrected chi connectivity index (χ3v) is 4.04. The topological polar surface area (TPSA) is 0 Å². The van der Waals surface area contributed by atoms with Crippen molar-refractivity contribution in [1.82, 2.24) is 0 Å². The average Bonchev–Trinajstić information content (AvgIpc) is 2.38. The summed E-state index contributed by atoms with van der Waals surface area (Å²) in [5.74, 6) is 2.43. The number of benzene rings is 1. The van der Waals surface area contributed by atoms with E-state index in [1.807, 2.05) is 0 Å². The molecule has 0 fully saturated rings. The van der Waals surface area contributed by atoms with Crippen molar-refractivity contribution in [2.45, 2.75) is 59.3 Å². The van der Waals surface area contributed by atoms with Crippen molar-refractivity contribution >= 4 is 0 Å². The molecular weight excluding hydrogens is 204 g/mol. The summed E-state index contributed by atoms with van der Waals surface area (Å²) in [5, 5.41) is 0. The highest BCUT2D eigenvalue weighted by Crippen LogP contribution is 2.31.